The van der Waals surface area contributed by atoms with Crippen LogP contribution in [0.1, 0.15) is 36.8 Å². The zero-order valence-corrected chi connectivity index (χ0v) is 18.1. The molecule has 1 saturated heterocycles. The molecule has 2 bridgehead atoms. The van der Waals surface area contributed by atoms with Crippen LogP contribution in [0.25, 0.3) is 5.57 Å². The molecule has 0 saturated carbocycles. The number of carbonyl (C=O) groups is 1. The highest BCUT2D eigenvalue weighted by molar-refractivity contribution is 9.11. The van der Waals surface area contributed by atoms with Gasteiger partial charge in [-0.2, -0.15) is 0 Å². The molecule has 0 spiro atoms. The van der Waals surface area contributed by atoms with Crippen molar-refractivity contribution in [3.8, 4) is 0 Å². The number of rotatable bonds is 3. The van der Waals surface area contributed by atoms with Gasteiger partial charge in [0, 0.05) is 15.0 Å². The van der Waals surface area contributed by atoms with E-state index in [1.54, 1.807) is 0 Å². The second kappa shape index (κ2) is 8.19. The van der Waals surface area contributed by atoms with Crippen LogP contribution in [-0.4, -0.2) is 23.1 Å². The summed E-state index contributed by atoms with van der Waals surface area (Å²) < 4.78 is 7.74. The van der Waals surface area contributed by atoms with Gasteiger partial charge >= 0.3 is 6.09 Å². The number of piperidine rings is 1. The number of benzene rings is 2. The minimum absolute atomic E-state index is 0.119. The fourth-order valence-corrected chi connectivity index (χ4v) is 5.36. The lowest BCUT2D eigenvalue weighted by Gasteiger charge is -2.44. The summed E-state index contributed by atoms with van der Waals surface area (Å²) in [6.07, 6.45) is 6.12. The first-order valence-corrected chi connectivity index (χ1v) is 10.8. The largest absolute Gasteiger partial charge is 0.445 e. The molecule has 0 radical (unpaired) electrons. The van der Waals surface area contributed by atoms with E-state index in [4.69, 9.17) is 4.74 Å². The molecule has 140 valence electrons. The molecule has 2 atom stereocenters. The van der Waals surface area contributed by atoms with Gasteiger partial charge in [-0.15, -0.1) is 0 Å². The molecule has 0 aliphatic carbocycles. The molecule has 1 fully saturated rings. The molecule has 2 aliphatic rings. The van der Waals surface area contributed by atoms with Gasteiger partial charge in [0.2, 0.25) is 0 Å². The van der Waals surface area contributed by atoms with Crippen LogP contribution in [0.15, 0.2) is 63.6 Å². The fourth-order valence-electron chi connectivity index (χ4n) is 4.06. The van der Waals surface area contributed by atoms with Crippen molar-refractivity contribution in [3.05, 3.63) is 74.7 Å². The van der Waals surface area contributed by atoms with E-state index >= 15 is 0 Å². The van der Waals surface area contributed by atoms with Gasteiger partial charge in [0.25, 0.3) is 0 Å². The van der Waals surface area contributed by atoms with Gasteiger partial charge in [-0.05, 0) is 60.6 Å². The number of fused-ring (bicyclic) bond motifs is 2. The molecule has 3 nitrogen and oxygen atoms in total. The van der Waals surface area contributed by atoms with Crippen LogP contribution in [0.5, 0.6) is 0 Å². The quantitative estimate of drug-likeness (QED) is 0.487. The fraction of sp³-hybridized carbons (Fsp3) is 0.318. The van der Waals surface area contributed by atoms with E-state index in [9.17, 15) is 4.79 Å². The van der Waals surface area contributed by atoms with Gasteiger partial charge in [-0.25, -0.2) is 4.79 Å². The Kier molecular flexibility index (Phi) is 5.69. The molecule has 4 rings (SSSR count). The second-order valence-corrected chi connectivity index (χ2v) is 8.99. The number of halogens is 2. The predicted molar refractivity (Wildman–Crippen MR) is 114 cm³/mol. The van der Waals surface area contributed by atoms with Crippen molar-refractivity contribution >= 4 is 43.5 Å². The van der Waals surface area contributed by atoms with Crippen molar-refractivity contribution in [2.75, 3.05) is 0 Å². The number of hydrogen-bond acceptors (Lipinski definition) is 2. The van der Waals surface area contributed by atoms with Gasteiger partial charge in [0.05, 0.1) is 6.04 Å². The topological polar surface area (TPSA) is 29.5 Å². The van der Waals surface area contributed by atoms with Crippen molar-refractivity contribution in [1.82, 2.24) is 4.90 Å². The predicted octanol–water partition coefficient (Wildman–Crippen LogP) is 6.56. The van der Waals surface area contributed by atoms with Gasteiger partial charge in [-0.1, -0.05) is 68.3 Å². The lowest BCUT2D eigenvalue weighted by molar-refractivity contribution is 0.0510. The third-order valence-corrected chi connectivity index (χ3v) is 6.20. The molecule has 2 aromatic rings. The Morgan fingerprint density at radius 3 is 2.52 bits per heavy atom. The van der Waals surface area contributed by atoms with Crippen LogP contribution in [0.4, 0.5) is 4.79 Å². The molecule has 2 aliphatic heterocycles. The maximum atomic E-state index is 12.8. The van der Waals surface area contributed by atoms with Gasteiger partial charge in [0.15, 0.2) is 0 Å². The van der Waals surface area contributed by atoms with Crippen molar-refractivity contribution < 1.29 is 9.53 Å². The Labute approximate surface area is 176 Å². The number of nitrogens with zero attached hydrogens (tertiary/aromatic N) is 1. The molecule has 0 N–H and O–H groups in total. The highest BCUT2D eigenvalue weighted by Gasteiger charge is 2.38. The third-order valence-electron chi connectivity index (χ3n) is 5.29. The molecule has 2 heterocycles. The summed E-state index contributed by atoms with van der Waals surface area (Å²) in [7, 11) is 0. The first kappa shape index (κ1) is 18.8. The summed E-state index contributed by atoms with van der Waals surface area (Å²) in [5.41, 5.74) is 3.55. The van der Waals surface area contributed by atoms with E-state index < -0.39 is 0 Å². The van der Waals surface area contributed by atoms with Gasteiger partial charge < -0.3 is 4.74 Å². The molecular formula is C22H21Br2NO2. The van der Waals surface area contributed by atoms with Gasteiger partial charge in [-0.3, -0.25) is 4.90 Å². The number of carbonyl (C=O) groups excluding carboxylic acids is 1. The minimum Gasteiger partial charge on any atom is -0.445 e. The maximum Gasteiger partial charge on any atom is 0.410 e. The van der Waals surface area contributed by atoms with Crippen LogP contribution < -0.4 is 0 Å². The van der Waals surface area contributed by atoms with Crippen molar-refractivity contribution in [1.29, 1.82) is 0 Å². The lowest BCUT2D eigenvalue weighted by Crippen LogP contribution is -2.51. The minimum atomic E-state index is -0.195. The van der Waals surface area contributed by atoms with Crippen LogP contribution in [-0.2, 0) is 11.3 Å². The molecule has 5 heteroatoms. The standard InChI is InChI=1S/C22H21Br2NO2/c23-18-9-16(10-19(24)13-18)17-11-20-7-4-8-21(12-17)25(20)22(26)27-14-15-5-2-1-3-6-15/h1-3,5-6,9-11,13,20-21H,4,7-8,12,14H2. The molecule has 27 heavy (non-hydrogen) atoms. The van der Waals surface area contributed by atoms with E-state index in [1.807, 2.05) is 41.3 Å². The number of hydrogen-bond donors (Lipinski definition) is 0. The van der Waals surface area contributed by atoms with Crippen molar-refractivity contribution in [3.63, 3.8) is 0 Å². The summed E-state index contributed by atoms with van der Waals surface area (Å²) in [5.74, 6) is 0. The van der Waals surface area contributed by atoms with Crippen molar-refractivity contribution in [2.45, 2.75) is 44.4 Å². The first-order valence-electron chi connectivity index (χ1n) is 9.26. The average molecular weight is 491 g/mol. The van der Waals surface area contributed by atoms with Crippen LogP contribution in [0.2, 0.25) is 0 Å². The van der Waals surface area contributed by atoms with E-state index in [0.717, 1.165) is 40.2 Å². The summed E-state index contributed by atoms with van der Waals surface area (Å²) in [5, 5.41) is 0. The Morgan fingerprint density at radius 1 is 1.07 bits per heavy atom. The number of ether oxygens (including phenoxy) is 1. The van der Waals surface area contributed by atoms with Crippen LogP contribution in [0.3, 0.4) is 0 Å². The van der Waals surface area contributed by atoms with E-state index in [0.29, 0.717) is 6.61 Å². The zero-order chi connectivity index (χ0) is 18.8. The Morgan fingerprint density at radius 2 is 1.81 bits per heavy atom. The number of amides is 1. The summed E-state index contributed by atoms with van der Waals surface area (Å²) >= 11 is 7.15. The Balaban J connectivity index is 1.52. The summed E-state index contributed by atoms with van der Waals surface area (Å²) in [4.78, 5) is 14.8. The molecule has 2 unspecified atom stereocenters. The summed E-state index contributed by atoms with van der Waals surface area (Å²) in [6.45, 7) is 0.324. The first-order chi connectivity index (χ1) is 13.1. The smallest absolute Gasteiger partial charge is 0.410 e. The van der Waals surface area contributed by atoms with E-state index in [1.165, 1.54) is 11.1 Å². The highest BCUT2D eigenvalue weighted by atomic mass is 79.9. The molecule has 2 aromatic carbocycles. The van der Waals surface area contributed by atoms with E-state index in [2.05, 4.69) is 50.1 Å². The van der Waals surface area contributed by atoms with Crippen molar-refractivity contribution in [2.24, 2.45) is 0 Å². The normalized spacial score (nSPS) is 21.6. The lowest BCUT2D eigenvalue weighted by atomic mass is 9.83. The second-order valence-electron chi connectivity index (χ2n) is 7.15. The Hall–Kier alpha value is -1.59. The van der Waals surface area contributed by atoms with E-state index in [-0.39, 0.29) is 18.2 Å². The highest BCUT2D eigenvalue weighted by Crippen LogP contribution is 2.38. The summed E-state index contributed by atoms with van der Waals surface area (Å²) in [6, 6.07) is 16.5. The molecule has 1 amide bonds. The van der Waals surface area contributed by atoms with Gasteiger partial charge in [0.1, 0.15) is 6.61 Å². The maximum absolute atomic E-state index is 12.8. The van der Waals surface area contributed by atoms with Crippen LogP contribution >= 0.6 is 31.9 Å². The SMILES string of the molecule is O=C(OCc1ccccc1)N1C2C=C(c3cc(Br)cc(Br)c3)CC1CCC2. The molecule has 0 aromatic heterocycles. The third kappa shape index (κ3) is 4.30. The Bertz CT molecular complexity index is 846. The monoisotopic (exact) mass is 489 g/mol. The van der Waals surface area contributed by atoms with Crippen LogP contribution in [0, 0.1) is 0 Å². The zero-order valence-electron chi connectivity index (χ0n) is 14.9. The molecular weight excluding hydrogens is 470 g/mol. The average Bonchev–Trinajstić information content (AvgIpc) is 2.65.